The van der Waals surface area contributed by atoms with Gasteiger partial charge < -0.3 is 4.74 Å². The Morgan fingerprint density at radius 2 is 0.940 bits per heavy atom. The molecule has 0 spiro atoms. The van der Waals surface area contributed by atoms with E-state index in [1.807, 2.05) is 0 Å². The first-order chi connectivity index (χ1) is 24.7. The summed E-state index contributed by atoms with van der Waals surface area (Å²) in [4.78, 5) is 0. The Morgan fingerprint density at radius 1 is 0.400 bits per heavy atom. The van der Waals surface area contributed by atoms with E-state index in [9.17, 15) is 0 Å². The predicted octanol–water partition coefficient (Wildman–Crippen LogP) is 12.3. The summed E-state index contributed by atoms with van der Waals surface area (Å²) >= 11 is 0. The van der Waals surface area contributed by atoms with E-state index in [0.29, 0.717) is 0 Å². The van der Waals surface area contributed by atoms with E-state index in [2.05, 4.69) is 195 Å². The maximum atomic E-state index is 6.71. The molecule has 1 aliphatic heterocycles. The molecule has 1 aliphatic carbocycles. The first kappa shape index (κ1) is 28.8. The molecule has 0 radical (unpaired) electrons. The normalized spacial score (nSPS) is 16.5. The molecule has 2 aliphatic rings. The van der Waals surface area contributed by atoms with Gasteiger partial charge in [-0.05, 0) is 92.0 Å². The molecule has 1 heterocycles. The van der Waals surface area contributed by atoms with Crippen LogP contribution in [-0.4, -0.2) is 0 Å². The van der Waals surface area contributed by atoms with Crippen LogP contribution in [0, 0.1) is 0 Å². The molecule has 0 saturated heterocycles. The zero-order valence-electron chi connectivity index (χ0n) is 27.8. The van der Waals surface area contributed by atoms with Crippen molar-refractivity contribution < 1.29 is 4.74 Å². The monoisotopic (exact) mass is 638 g/mol. The smallest absolute Gasteiger partial charge is 0.132 e. The van der Waals surface area contributed by atoms with E-state index in [1.54, 1.807) is 0 Å². The topological polar surface area (TPSA) is 9.23 Å². The van der Waals surface area contributed by atoms with Gasteiger partial charge in [-0.25, -0.2) is 0 Å². The third-order valence-electron chi connectivity index (χ3n) is 11.3. The van der Waals surface area contributed by atoms with Gasteiger partial charge in [-0.15, -0.1) is 0 Å². The highest BCUT2D eigenvalue weighted by molar-refractivity contribution is 5.99. The largest absolute Gasteiger partial charge is 0.457 e. The van der Waals surface area contributed by atoms with Gasteiger partial charge in [-0.2, -0.15) is 0 Å². The Morgan fingerprint density at radius 3 is 1.66 bits per heavy atom. The Hall–Kier alpha value is -6.18. The molecule has 0 amide bonds. The molecule has 0 saturated carbocycles. The van der Waals surface area contributed by atoms with Gasteiger partial charge >= 0.3 is 0 Å². The van der Waals surface area contributed by atoms with Crippen LogP contribution in [0.4, 0.5) is 0 Å². The van der Waals surface area contributed by atoms with Crippen LogP contribution in [0.2, 0.25) is 0 Å². The maximum absolute atomic E-state index is 6.71. The fourth-order valence-electron chi connectivity index (χ4n) is 9.00. The van der Waals surface area contributed by atoms with Gasteiger partial charge in [0.1, 0.15) is 11.5 Å². The average Bonchev–Trinajstić information content (AvgIpc) is 3.46. The Kier molecular flexibility index (Phi) is 6.29. The third-order valence-corrected chi connectivity index (χ3v) is 11.3. The van der Waals surface area contributed by atoms with Gasteiger partial charge in [0.2, 0.25) is 0 Å². The summed E-state index contributed by atoms with van der Waals surface area (Å²) in [7, 11) is 0. The molecule has 0 fully saturated rings. The summed E-state index contributed by atoms with van der Waals surface area (Å²) in [6.45, 7) is 2.41. The fourth-order valence-corrected chi connectivity index (χ4v) is 9.00. The van der Waals surface area contributed by atoms with Crippen LogP contribution >= 0.6 is 0 Å². The molecule has 8 aromatic carbocycles. The second-order valence-corrected chi connectivity index (χ2v) is 13.8. The highest BCUT2D eigenvalue weighted by Crippen LogP contribution is 2.58. The van der Waals surface area contributed by atoms with E-state index >= 15 is 0 Å². The molecule has 236 valence electrons. The van der Waals surface area contributed by atoms with Crippen molar-refractivity contribution in [1.82, 2.24) is 0 Å². The van der Waals surface area contributed by atoms with Gasteiger partial charge in [-0.1, -0.05) is 164 Å². The lowest BCUT2D eigenvalue weighted by Gasteiger charge is -2.41. The Labute approximate surface area is 293 Å². The van der Waals surface area contributed by atoms with Crippen molar-refractivity contribution >= 4 is 10.8 Å². The zero-order valence-corrected chi connectivity index (χ0v) is 27.8. The van der Waals surface area contributed by atoms with E-state index in [4.69, 9.17) is 4.74 Å². The molecule has 0 aromatic heterocycles. The van der Waals surface area contributed by atoms with Crippen LogP contribution < -0.4 is 4.74 Å². The molecule has 10 rings (SSSR count). The average molecular weight is 639 g/mol. The van der Waals surface area contributed by atoms with Crippen molar-refractivity contribution in [3.8, 4) is 33.8 Å². The summed E-state index contributed by atoms with van der Waals surface area (Å²) in [5.41, 5.74) is 12.9. The minimum Gasteiger partial charge on any atom is -0.457 e. The summed E-state index contributed by atoms with van der Waals surface area (Å²) in [5.74, 6) is 1.77. The van der Waals surface area contributed by atoms with Crippen LogP contribution in [0.1, 0.15) is 45.9 Å². The summed E-state index contributed by atoms with van der Waals surface area (Å²) in [6.07, 6.45) is 0. The SMILES string of the molecule is CC1(c2ccccc2)c2cc(-c3ccc4c(c3)C(c3ccccc3)(c3ccccc3)c3ccccc3O4)ccc2-c2ccc3ccccc3c21. The summed E-state index contributed by atoms with van der Waals surface area (Å²) in [6, 6.07) is 68.7. The number of hydrogen-bond donors (Lipinski definition) is 0. The van der Waals surface area contributed by atoms with Crippen molar-refractivity contribution in [2.45, 2.75) is 17.8 Å². The minimum atomic E-state index is -0.562. The van der Waals surface area contributed by atoms with Crippen molar-refractivity contribution in [1.29, 1.82) is 0 Å². The molecule has 1 unspecified atom stereocenters. The van der Waals surface area contributed by atoms with Crippen LogP contribution in [0.15, 0.2) is 188 Å². The van der Waals surface area contributed by atoms with Crippen molar-refractivity contribution in [2.24, 2.45) is 0 Å². The number of hydrogen-bond acceptors (Lipinski definition) is 1. The van der Waals surface area contributed by atoms with Gasteiger partial charge in [0.25, 0.3) is 0 Å². The van der Waals surface area contributed by atoms with Gasteiger partial charge in [0.15, 0.2) is 0 Å². The molecule has 0 bridgehead atoms. The standard InChI is InChI=1S/C49H34O/c1-48(36-16-5-2-6-17-36)43-31-34(26-28-40(43)41-29-25-33-15-11-12-22-39(33)47(41)48)35-27-30-46-44(32-35)49(37-18-7-3-8-19-37,38-20-9-4-10-21-38)42-23-13-14-24-45(42)50-46/h2-32H,1H3. The molecule has 8 aromatic rings. The Balaban J connectivity index is 1.22. The maximum Gasteiger partial charge on any atom is 0.132 e. The number of para-hydroxylation sites is 1. The molecule has 1 heteroatoms. The van der Waals surface area contributed by atoms with E-state index in [-0.39, 0.29) is 5.41 Å². The quantitative estimate of drug-likeness (QED) is 0.186. The molecular weight excluding hydrogens is 605 g/mol. The van der Waals surface area contributed by atoms with Crippen molar-refractivity contribution in [3.05, 3.63) is 227 Å². The van der Waals surface area contributed by atoms with Gasteiger partial charge in [0.05, 0.1) is 5.41 Å². The van der Waals surface area contributed by atoms with E-state index in [1.165, 1.54) is 60.8 Å². The van der Waals surface area contributed by atoms with Crippen molar-refractivity contribution in [2.75, 3.05) is 0 Å². The predicted molar refractivity (Wildman–Crippen MR) is 205 cm³/mol. The highest BCUT2D eigenvalue weighted by atomic mass is 16.5. The number of ether oxygens (including phenoxy) is 1. The van der Waals surface area contributed by atoms with Gasteiger partial charge in [-0.3, -0.25) is 0 Å². The molecule has 1 nitrogen and oxygen atoms in total. The van der Waals surface area contributed by atoms with Crippen molar-refractivity contribution in [3.63, 3.8) is 0 Å². The number of rotatable bonds is 4. The molecular formula is C49H34O. The summed E-state index contributed by atoms with van der Waals surface area (Å²) < 4.78 is 6.71. The first-order valence-corrected chi connectivity index (χ1v) is 17.4. The molecule has 1 atom stereocenters. The number of fused-ring (bicyclic) bond motifs is 7. The van der Waals surface area contributed by atoms with Gasteiger partial charge in [0, 0.05) is 16.5 Å². The summed E-state index contributed by atoms with van der Waals surface area (Å²) in [5, 5.41) is 2.59. The van der Waals surface area contributed by atoms with Crippen LogP contribution in [0.5, 0.6) is 11.5 Å². The lowest BCUT2D eigenvalue weighted by molar-refractivity contribution is 0.434. The van der Waals surface area contributed by atoms with Crippen LogP contribution in [0.3, 0.4) is 0 Å². The fraction of sp³-hybridized carbons (Fsp3) is 0.0612. The molecule has 0 N–H and O–H groups in total. The zero-order chi connectivity index (χ0) is 33.3. The molecule has 50 heavy (non-hydrogen) atoms. The second-order valence-electron chi connectivity index (χ2n) is 13.8. The second kappa shape index (κ2) is 10.9. The van der Waals surface area contributed by atoms with E-state index in [0.717, 1.165) is 22.6 Å². The lowest BCUT2D eigenvalue weighted by atomic mass is 9.63. The Bertz CT molecular complexity index is 2530. The van der Waals surface area contributed by atoms with Crippen LogP contribution in [0.25, 0.3) is 33.0 Å². The highest BCUT2D eigenvalue weighted by Gasteiger charge is 2.46. The minimum absolute atomic E-state index is 0.323. The number of benzene rings is 8. The van der Waals surface area contributed by atoms with E-state index < -0.39 is 5.41 Å². The third kappa shape index (κ3) is 3.95. The van der Waals surface area contributed by atoms with Crippen LogP contribution in [-0.2, 0) is 10.8 Å². The first-order valence-electron chi connectivity index (χ1n) is 17.4. The lowest BCUT2D eigenvalue weighted by Crippen LogP contribution is -2.34.